The molecule has 2 rings (SSSR count). The molecule has 0 spiro atoms. The van der Waals surface area contributed by atoms with Gasteiger partial charge < -0.3 is 4.98 Å². The first kappa shape index (κ1) is 8.42. The van der Waals surface area contributed by atoms with Crippen molar-refractivity contribution in [3.8, 4) is 0 Å². The van der Waals surface area contributed by atoms with E-state index in [4.69, 9.17) is 23.2 Å². The molecule has 1 aromatic carbocycles. The van der Waals surface area contributed by atoms with Gasteiger partial charge in [0.2, 0.25) is 0 Å². The minimum atomic E-state index is 0.680. The van der Waals surface area contributed by atoms with Gasteiger partial charge in [-0.3, -0.25) is 0 Å². The smallest absolute Gasteiger partial charge is 0.0671 e. The van der Waals surface area contributed by atoms with Crippen molar-refractivity contribution in [2.75, 3.05) is 0 Å². The molecule has 1 heterocycles. The number of benzene rings is 1. The summed E-state index contributed by atoms with van der Waals surface area (Å²) in [5, 5.41) is 2.30. The van der Waals surface area contributed by atoms with Crippen LogP contribution in [0.25, 0.3) is 10.9 Å². The van der Waals surface area contributed by atoms with Gasteiger partial charge in [0.15, 0.2) is 0 Å². The lowest BCUT2D eigenvalue weighted by Crippen LogP contribution is -1.71. The lowest BCUT2D eigenvalue weighted by Gasteiger charge is -1.96. The highest BCUT2D eigenvalue weighted by molar-refractivity contribution is 9.10. The Kier molecular flexibility index (Phi) is 2.07. The first-order chi connectivity index (χ1) is 5.70. The van der Waals surface area contributed by atoms with Crippen molar-refractivity contribution in [3.05, 3.63) is 32.8 Å². The molecule has 1 aromatic heterocycles. The monoisotopic (exact) mass is 263 g/mol. The summed E-state index contributed by atoms with van der Waals surface area (Å²) in [6.07, 6.45) is 1.73. The molecule has 0 radical (unpaired) electrons. The van der Waals surface area contributed by atoms with E-state index in [0.29, 0.717) is 10.0 Å². The van der Waals surface area contributed by atoms with Gasteiger partial charge in [-0.1, -0.05) is 39.1 Å². The number of rotatable bonds is 0. The lowest BCUT2D eigenvalue weighted by atomic mass is 10.2. The van der Waals surface area contributed by atoms with E-state index in [9.17, 15) is 0 Å². The van der Waals surface area contributed by atoms with E-state index >= 15 is 0 Å². The normalized spacial score (nSPS) is 10.9. The van der Waals surface area contributed by atoms with Crippen LogP contribution in [0.4, 0.5) is 0 Å². The van der Waals surface area contributed by atoms with Gasteiger partial charge in [-0.15, -0.1) is 0 Å². The van der Waals surface area contributed by atoms with Crippen molar-refractivity contribution in [3.63, 3.8) is 0 Å². The van der Waals surface area contributed by atoms with Crippen molar-refractivity contribution in [2.24, 2.45) is 0 Å². The van der Waals surface area contributed by atoms with Crippen LogP contribution >= 0.6 is 39.1 Å². The molecule has 1 N–H and O–H groups in total. The number of aromatic nitrogens is 1. The zero-order valence-electron chi connectivity index (χ0n) is 5.87. The maximum absolute atomic E-state index is 5.93. The van der Waals surface area contributed by atoms with Crippen molar-refractivity contribution >= 4 is 50.0 Å². The van der Waals surface area contributed by atoms with Crippen LogP contribution in [0.1, 0.15) is 0 Å². The highest BCUT2D eigenvalue weighted by Crippen LogP contribution is 2.34. The maximum atomic E-state index is 5.93. The molecule has 0 saturated heterocycles. The topological polar surface area (TPSA) is 15.8 Å². The Morgan fingerprint density at radius 2 is 1.92 bits per heavy atom. The zero-order chi connectivity index (χ0) is 8.72. The van der Waals surface area contributed by atoms with Crippen molar-refractivity contribution in [1.82, 2.24) is 4.98 Å². The number of hydrogen-bond donors (Lipinski definition) is 1. The number of fused-ring (bicyclic) bond motifs is 1. The summed E-state index contributed by atoms with van der Waals surface area (Å²) in [4.78, 5) is 3.00. The molecular weight excluding hydrogens is 261 g/mol. The Balaban J connectivity index is 2.98. The van der Waals surface area contributed by atoms with Crippen molar-refractivity contribution in [1.29, 1.82) is 0 Å². The zero-order valence-corrected chi connectivity index (χ0v) is 8.96. The molecule has 0 atom stereocenters. The third-order valence-corrected chi connectivity index (χ3v) is 2.96. The van der Waals surface area contributed by atoms with E-state index in [0.717, 1.165) is 15.4 Å². The van der Waals surface area contributed by atoms with Crippen LogP contribution in [-0.4, -0.2) is 4.98 Å². The molecule has 0 aliphatic heterocycles. The molecule has 1 nitrogen and oxygen atoms in total. The third kappa shape index (κ3) is 1.15. The number of hydrogen-bond acceptors (Lipinski definition) is 0. The number of halogens is 3. The minimum absolute atomic E-state index is 0.680. The Hall–Kier alpha value is -0.180. The Labute approximate surface area is 87.8 Å². The van der Waals surface area contributed by atoms with Gasteiger partial charge in [0.05, 0.1) is 15.6 Å². The fraction of sp³-hybridized carbons (Fsp3) is 0. The van der Waals surface area contributed by atoms with Crippen LogP contribution in [-0.2, 0) is 0 Å². The summed E-state index contributed by atoms with van der Waals surface area (Å²) >= 11 is 15.3. The molecule has 62 valence electrons. The van der Waals surface area contributed by atoms with Crippen LogP contribution in [0.3, 0.4) is 0 Å². The van der Waals surface area contributed by atoms with E-state index < -0.39 is 0 Å². The number of nitrogens with one attached hydrogen (secondary N) is 1. The van der Waals surface area contributed by atoms with E-state index in [1.807, 2.05) is 12.1 Å². The minimum Gasteiger partial charge on any atom is -0.358 e. The largest absolute Gasteiger partial charge is 0.358 e. The predicted octanol–water partition coefficient (Wildman–Crippen LogP) is 4.24. The Morgan fingerprint density at radius 1 is 1.17 bits per heavy atom. The summed E-state index contributed by atoms with van der Waals surface area (Å²) in [6.45, 7) is 0. The van der Waals surface area contributed by atoms with Crippen LogP contribution < -0.4 is 0 Å². The predicted molar refractivity (Wildman–Crippen MR) is 56.0 cm³/mol. The molecule has 0 saturated carbocycles. The van der Waals surface area contributed by atoms with Gasteiger partial charge in [-0.05, 0) is 12.1 Å². The molecule has 0 amide bonds. The maximum Gasteiger partial charge on any atom is 0.0671 e. The summed E-state index contributed by atoms with van der Waals surface area (Å²) in [6, 6.07) is 3.70. The average Bonchev–Trinajstić information content (AvgIpc) is 2.42. The van der Waals surface area contributed by atoms with E-state index in [1.165, 1.54) is 0 Å². The van der Waals surface area contributed by atoms with Gasteiger partial charge in [-0.2, -0.15) is 0 Å². The second-order valence-electron chi connectivity index (χ2n) is 2.42. The average molecular weight is 265 g/mol. The van der Waals surface area contributed by atoms with Gasteiger partial charge in [0, 0.05) is 16.1 Å². The van der Waals surface area contributed by atoms with Crippen LogP contribution in [0.2, 0.25) is 10.0 Å². The second kappa shape index (κ2) is 2.95. The first-order valence-electron chi connectivity index (χ1n) is 3.30. The highest BCUT2D eigenvalue weighted by atomic mass is 79.9. The fourth-order valence-electron chi connectivity index (χ4n) is 1.13. The van der Waals surface area contributed by atoms with E-state index in [2.05, 4.69) is 20.9 Å². The summed E-state index contributed by atoms with van der Waals surface area (Å²) in [5.41, 5.74) is 0.871. The SMILES string of the molecule is Clc1ccc(Br)c2c(Cl)c[nH]c12. The molecule has 0 unspecified atom stereocenters. The highest BCUT2D eigenvalue weighted by Gasteiger charge is 2.07. The Morgan fingerprint density at radius 3 is 2.58 bits per heavy atom. The van der Waals surface area contributed by atoms with Crippen LogP contribution in [0.5, 0.6) is 0 Å². The number of H-pyrrole nitrogens is 1. The molecule has 0 bridgehead atoms. The Bertz CT molecular complexity index is 436. The molecule has 0 aliphatic rings. The van der Waals surface area contributed by atoms with E-state index in [1.54, 1.807) is 6.20 Å². The quantitative estimate of drug-likeness (QED) is 0.733. The van der Waals surface area contributed by atoms with Crippen molar-refractivity contribution < 1.29 is 0 Å². The van der Waals surface area contributed by atoms with Crippen LogP contribution in [0.15, 0.2) is 22.8 Å². The second-order valence-corrected chi connectivity index (χ2v) is 4.08. The molecule has 2 aromatic rings. The fourth-order valence-corrected chi connectivity index (χ4v) is 2.26. The van der Waals surface area contributed by atoms with Gasteiger partial charge >= 0.3 is 0 Å². The molecule has 0 fully saturated rings. The molecule has 0 aliphatic carbocycles. The lowest BCUT2D eigenvalue weighted by molar-refractivity contribution is 1.48. The van der Waals surface area contributed by atoms with Crippen LogP contribution in [0, 0.1) is 0 Å². The molecular formula is C8H4BrCl2N. The van der Waals surface area contributed by atoms with Gasteiger partial charge in [-0.25, -0.2) is 0 Å². The van der Waals surface area contributed by atoms with Gasteiger partial charge in [0.1, 0.15) is 0 Å². The van der Waals surface area contributed by atoms with E-state index in [-0.39, 0.29) is 0 Å². The van der Waals surface area contributed by atoms with Crippen molar-refractivity contribution in [2.45, 2.75) is 0 Å². The summed E-state index contributed by atoms with van der Waals surface area (Å²) in [7, 11) is 0. The third-order valence-electron chi connectivity index (χ3n) is 1.69. The first-order valence-corrected chi connectivity index (χ1v) is 4.85. The molecule has 12 heavy (non-hydrogen) atoms. The number of aromatic amines is 1. The molecule has 4 heteroatoms. The summed E-state index contributed by atoms with van der Waals surface area (Å²) < 4.78 is 0.952. The summed E-state index contributed by atoms with van der Waals surface area (Å²) in [5.74, 6) is 0. The van der Waals surface area contributed by atoms with Gasteiger partial charge in [0.25, 0.3) is 0 Å². The standard InChI is InChI=1S/C8H4BrCl2N/c9-4-1-2-5(10)8-7(4)6(11)3-12-8/h1-3,12H.